The summed E-state index contributed by atoms with van der Waals surface area (Å²) in [5, 5.41) is 2.89. The van der Waals surface area contributed by atoms with Crippen LogP contribution in [0.5, 0.6) is 0 Å². The number of carbonyl (C=O) groups excluding carboxylic acids is 1. The summed E-state index contributed by atoms with van der Waals surface area (Å²) in [6, 6.07) is 10.3. The lowest BCUT2D eigenvalue weighted by atomic mass is 10.1. The van der Waals surface area contributed by atoms with Gasteiger partial charge in [-0.3, -0.25) is 4.79 Å². The lowest BCUT2D eigenvalue weighted by molar-refractivity contribution is -0.111. The van der Waals surface area contributed by atoms with Crippen LogP contribution >= 0.6 is 0 Å². The Kier molecular flexibility index (Phi) is 4.94. The highest BCUT2D eigenvalue weighted by Gasteiger charge is 2.06. The van der Waals surface area contributed by atoms with Crippen LogP contribution in [0.25, 0.3) is 6.08 Å². The molecule has 0 fully saturated rings. The highest BCUT2D eigenvalue weighted by Crippen LogP contribution is 2.21. The lowest BCUT2D eigenvalue weighted by Gasteiger charge is -2.11. The molecule has 2 aromatic carbocycles. The first kappa shape index (κ1) is 15.8. The van der Waals surface area contributed by atoms with Crippen molar-refractivity contribution < 1.29 is 9.18 Å². The van der Waals surface area contributed by atoms with E-state index in [-0.39, 0.29) is 11.6 Å². The van der Waals surface area contributed by atoms with E-state index in [4.69, 9.17) is 5.73 Å². The van der Waals surface area contributed by atoms with Crippen LogP contribution in [0.1, 0.15) is 23.6 Å². The van der Waals surface area contributed by atoms with Gasteiger partial charge in [-0.15, -0.1) is 0 Å². The van der Waals surface area contributed by atoms with Crippen molar-refractivity contribution in [3.8, 4) is 0 Å². The maximum atomic E-state index is 13.1. The van der Waals surface area contributed by atoms with Crippen LogP contribution in [0, 0.1) is 12.7 Å². The Bertz CT molecular complexity index is 723. The van der Waals surface area contributed by atoms with Crippen LogP contribution in [0.15, 0.2) is 42.5 Å². The predicted octanol–water partition coefficient (Wildman–Crippen LogP) is 3.93. The average molecular weight is 298 g/mol. The number of para-hydroxylation sites is 1. The summed E-state index contributed by atoms with van der Waals surface area (Å²) in [5.74, 6) is -0.694. The first-order valence-electron chi connectivity index (χ1n) is 7.14. The number of benzene rings is 2. The van der Waals surface area contributed by atoms with Crippen LogP contribution in [0.4, 0.5) is 15.8 Å². The van der Waals surface area contributed by atoms with Crippen molar-refractivity contribution in [2.45, 2.75) is 20.3 Å². The van der Waals surface area contributed by atoms with E-state index in [0.717, 1.165) is 23.2 Å². The van der Waals surface area contributed by atoms with Gasteiger partial charge >= 0.3 is 0 Å². The highest BCUT2D eigenvalue weighted by atomic mass is 19.1. The molecule has 0 bridgehead atoms. The average Bonchev–Trinajstić information content (AvgIpc) is 2.50. The fourth-order valence-corrected chi connectivity index (χ4v) is 2.20. The summed E-state index contributed by atoms with van der Waals surface area (Å²) in [6.07, 6.45) is 3.86. The van der Waals surface area contributed by atoms with E-state index in [0.29, 0.717) is 5.56 Å². The topological polar surface area (TPSA) is 55.1 Å². The van der Waals surface area contributed by atoms with E-state index in [9.17, 15) is 9.18 Å². The molecule has 0 atom stereocenters. The summed E-state index contributed by atoms with van der Waals surface area (Å²) in [7, 11) is 0. The van der Waals surface area contributed by atoms with Gasteiger partial charge in [0.05, 0.1) is 5.69 Å². The van der Waals surface area contributed by atoms with E-state index < -0.39 is 5.82 Å². The number of aryl methyl sites for hydroxylation is 2. The van der Waals surface area contributed by atoms with Crippen molar-refractivity contribution in [2.24, 2.45) is 0 Å². The van der Waals surface area contributed by atoms with Crippen molar-refractivity contribution >= 4 is 23.4 Å². The summed E-state index contributed by atoms with van der Waals surface area (Å²) >= 11 is 0. The molecule has 0 spiro atoms. The van der Waals surface area contributed by atoms with Gasteiger partial charge in [-0.2, -0.15) is 0 Å². The zero-order chi connectivity index (χ0) is 16.1. The minimum absolute atomic E-state index is 0.0646. The molecular weight excluding hydrogens is 279 g/mol. The summed E-state index contributed by atoms with van der Waals surface area (Å²) in [4.78, 5) is 12.1. The van der Waals surface area contributed by atoms with E-state index in [1.165, 1.54) is 18.2 Å². The molecule has 0 aliphatic carbocycles. The SMILES string of the molecule is CCc1cccc(C)c1NC(=O)/C=C/c1ccc(F)c(N)c1. The van der Waals surface area contributed by atoms with Crippen molar-refractivity contribution in [2.75, 3.05) is 11.1 Å². The van der Waals surface area contributed by atoms with Crippen LogP contribution in [0.2, 0.25) is 0 Å². The van der Waals surface area contributed by atoms with Gasteiger partial charge in [0.15, 0.2) is 0 Å². The van der Waals surface area contributed by atoms with Gasteiger partial charge in [0.1, 0.15) is 5.82 Å². The number of carbonyl (C=O) groups is 1. The van der Waals surface area contributed by atoms with E-state index in [1.54, 1.807) is 12.1 Å². The molecule has 0 unspecified atom stereocenters. The number of amides is 1. The summed E-state index contributed by atoms with van der Waals surface area (Å²) < 4.78 is 13.1. The Balaban J connectivity index is 2.13. The maximum absolute atomic E-state index is 13.1. The second-order valence-electron chi connectivity index (χ2n) is 5.07. The number of nitrogens with two attached hydrogens (primary N) is 1. The second kappa shape index (κ2) is 6.89. The van der Waals surface area contributed by atoms with Crippen LogP contribution in [0.3, 0.4) is 0 Å². The highest BCUT2D eigenvalue weighted by molar-refractivity contribution is 6.02. The molecular formula is C18H19FN2O. The molecule has 0 saturated heterocycles. The molecule has 4 heteroatoms. The van der Waals surface area contributed by atoms with Gasteiger partial charge in [0.25, 0.3) is 0 Å². The fraction of sp³-hybridized carbons (Fsp3) is 0.167. The quantitative estimate of drug-likeness (QED) is 0.663. The standard InChI is InChI=1S/C18H19FN2O/c1-3-14-6-4-5-12(2)18(14)21-17(22)10-8-13-7-9-15(19)16(20)11-13/h4-11H,3,20H2,1-2H3,(H,21,22)/b10-8+. The molecule has 0 saturated carbocycles. The largest absolute Gasteiger partial charge is 0.396 e. The zero-order valence-electron chi connectivity index (χ0n) is 12.7. The molecule has 22 heavy (non-hydrogen) atoms. The van der Waals surface area contributed by atoms with Gasteiger partial charge in [0.2, 0.25) is 5.91 Å². The Hall–Kier alpha value is -2.62. The van der Waals surface area contributed by atoms with Gasteiger partial charge < -0.3 is 11.1 Å². The number of nitrogens with one attached hydrogen (secondary N) is 1. The summed E-state index contributed by atoms with van der Waals surface area (Å²) in [5.41, 5.74) is 9.20. The number of rotatable bonds is 4. The smallest absolute Gasteiger partial charge is 0.248 e. The number of hydrogen-bond donors (Lipinski definition) is 2. The lowest BCUT2D eigenvalue weighted by Crippen LogP contribution is -2.11. The van der Waals surface area contributed by atoms with Gasteiger partial charge in [-0.25, -0.2) is 4.39 Å². The number of nitrogen functional groups attached to an aromatic ring is 1. The molecule has 0 aliphatic rings. The normalized spacial score (nSPS) is 10.9. The van der Waals surface area contributed by atoms with Crippen molar-refractivity contribution in [3.05, 3.63) is 65.0 Å². The first-order chi connectivity index (χ1) is 10.5. The Morgan fingerprint density at radius 2 is 2.09 bits per heavy atom. The third-order valence-electron chi connectivity index (χ3n) is 3.44. The fourth-order valence-electron chi connectivity index (χ4n) is 2.20. The van der Waals surface area contributed by atoms with E-state index >= 15 is 0 Å². The molecule has 0 heterocycles. The van der Waals surface area contributed by atoms with Crippen LogP contribution in [-0.2, 0) is 11.2 Å². The second-order valence-corrected chi connectivity index (χ2v) is 5.07. The minimum Gasteiger partial charge on any atom is -0.396 e. The molecule has 3 nitrogen and oxygen atoms in total. The van der Waals surface area contributed by atoms with Crippen LogP contribution in [-0.4, -0.2) is 5.91 Å². The van der Waals surface area contributed by atoms with Crippen LogP contribution < -0.4 is 11.1 Å². The molecule has 2 rings (SSSR count). The molecule has 0 aromatic heterocycles. The van der Waals surface area contributed by atoms with Gasteiger partial charge in [0, 0.05) is 11.8 Å². The molecule has 2 aromatic rings. The summed E-state index contributed by atoms with van der Waals surface area (Å²) in [6.45, 7) is 4.00. The Morgan fingerprint density at radius 3 is 2.77 bits per heavy atom. The van der Waals surface area contributed by atoms with Crippen molar-refractivity contribution in [1.29, 1.82) is 0 Å². The predicted molar refractivity (Wildman–Crippen MR) is 89.0 cm³/mol. The first-order valence-corrected chi connectivity index (χ1v) is 7.14. The van der Waals surface area contributed by atoms with Gasteiger partial charge in [-0.05, 0) is 48.2 Å². The zero-order valence-corrected chi connectivity index (χ0v) is 12.7. The Morgan fingerprint density at radius 1 is 1.32 bits per heavy atom. The number of anilines is 2. The van der Waals surface area contributed by atoms with Gasteiger partial charge in [-0.1, -0.05) is 31.2 Å². The monoisotopic (exact) mass is 298 g/mol. The number of halogens is 1. The molecule has 1 amide bonds. The minimum atomic E-state index is -0.464. The van der Waals surface area contributed by atoms with Crippen molar-refractivity contribution in [1.82, 2.24) is 0 Å². The third kappa shape index (κ3) is 3.73. The molecule has 0 radical (unpaired) electrons. The van der Waals surface area contributed by atoms with Crippen molar-refractivity contribution in [3.63, 3.8) is 0 Å². The molecule has 114 valence electrons. The van der Waals surface area contributed by atoms with E-state index in [1.807, 2.05) is 32.0 Å². The Labute approximate surface area is 129 Å². The molecule has 3 N–H and O–H groups in total. The molecule has 0 aliphatic heterocycles. The third-order valence-corrected chi connectivity index (χ3v) is 3.44. The van der Waals surface area contributed by atoms with E-state index in [2.05, 4.69) is 5.32 Å². The maximum Gasteiger partial charge on any atom is 0.248 e. The number of hydrogen-bond acceptors (Lipinski definition) is 2.